The molecule has 1 N–H and O–H groups in total. The standard InChI is InChI=1S/C16H19NO/c1-11-4-7-14(8-5-11)10-16(18)15-9-6-12(2)17-13(15)3/h4-9,16,18H,10H2,1-3H3. The van der Waals surface area contributed by atoms with Crippen molar-refractivity contribution in [2.24, 2.45) is 0 Å². The number of aliphatic hydroxyl groups excluding tert-OH is 1. The van der Waals surface area contributed by atoms with E-state index in [1.54, 1.807) is 0 Å². The van der Waals surface area contributed by atoms with Gasteiger partial charge in [0.05, 0.1) is 6.10 Å². The number of pyridine rings is 1. The molecule has 0 saturated carbocycles. The van der Waals surface area contributed by atoms with Gasteiger partial charge in [-0.15, -0.1) is 0 Å². The molecule has 18 heavy (non-hydrogen) atoms. The van der Waals surface area contributed by atoms with Gasteiger partial charge in [0.15, 0.2) is 0 Å². The molecule has 2 aromatic rings. The summed E-state index contributed by atoms with van der Waals surface area (Å²) in [5, 5.41) is 10.3. The molecule has 0 fully saturated rings. The summed E-state index contributed by atoms with van der Waals surface area (Å²) in [4.78, 5) is 4.39. The molecule has 0 aliphatic heterocycles. The Bertz CT molecular complexity index is 531. The Balaban J connectivity index is 2.16. The van der Waals surface area contributed by atoms with Crippen molar-refractivity contribution in [3.05, 3.63) is 64.5 Å². The number of benzene rings is 1. The summed E-state index contributed by atoms with van der Waals surface area (Å²) in [5.41, 5.74) is 5.20. The smallest absolute Gasteiger partial charge is 0.0847 e. The van der Waals surface area contributed by atoms with E-state index in [2.05, 4.69) is 36.2 Å². The number of aryl methyl sites for hydroxylation is 3. The summed E-state index contributed by atoms with van der Waals surface area (Å²) in [6, 6.07) is 12.2. The maximum absolute atomic E-state index is 10.3. The van der Waals surface area contributed by atoms with E-state index in [0.29, 0.717) is 6.42 Å². The fraction of sp³-hybridized carbons (Fsp3) is 0.312. The van der Waals surface area contributed by atoms with Gasteiger partial charge in [-0.3, -0.25) is 4.98 Å². The maximum atomic E-state index is 10.3. The van der Waals surface area contributed by atoms with E-state index in [0.717, 1.165) is 22.5 Å². The SMILES string of the molecule is Cc1ccc(CC(O)c2ccc(C)nc2C)cc1. The summed E-state index contributed by atoms with van der Waals surface area (Å²) in [7, 11) is 0. The Morgan fingerprint density at radius 2 is 1.67 bits per heavy atom. The summed E-state index contributed by atoms with van der Waals surface area (Å²) >= 11 is 0. The van der Waals surface area contributed by atoms with Gasteiger partial charge < -0.3 is 5.11 Å². The van der Waals surface area contributed by atoms with E-state index in [1.807, 2.05) is 26.0 Å². The highest BCUT2D eigenvalue weighted by atomic mass is 16.3. The summed E-state index contributed by atoms with van der Waals surface area (Å²) < 4.78 is 0. The third kappa shape index (κ3) is 2.96. The van der Waals surface area contributed by atoms with Crippen LogP contribution in [-0.2, 0) is 6.42 Å². The first kappa shape index (κ1) is 12.8. The van der Waals surface area contributed by atoms with Gasteiger partial charge in [0, 0.05) is 23.4 Å². The first-order chi connectivity index (χ1) is 8.56. The fourth-order valence-corrected chi connectivity index (χ4v) is 2.11. The molecule has 0 radical (unpaired) electrons. The fourth-order valence-electron chi connectivity index (χ4n) is 2.11. The van der Waals surface area contributed by atoms with Gasteiger partial charge in [0.1, 0.15) is 0 Å². The lowest BCUT2D eigenvalue weighted by atomic mass is 9.99. The molecule has 0 amide bonds. The summed E-state index contributed by atoms with van der Waals surface area (Å²) in [6.45, 7) is 5.97. The molecule has 1 heterocycles. The topological polar surface area (TPSA) is 33.1 Å². The van der Waals surface area contributed by atoms with Crippen LogP contribution in [0.2, 0.25) is 0 Å². The predicted molar refractivity (Wildman–Crippen MR) is 73.6 cm³/mol. The zero-order valence-electron chi connectivity index (χ0n) is 11.1. The lowest BCUT2D eigenvalue weighted by Gasteiger charge is -2.13. The zero-order chi connectivity index (χ0) is 13.1. The van der Waals surface area contributed by atoms with E-state index in [4.69, 9.17) is 0 Å². The van der Waals surface area contributed by atoms with Crippen LogP contribution >= 0.6 is 0 Å². The third-order valence-electron chi connectivity index (χ3n) is 3.17. The highest BCUT2D eigenvalue weighted by molar-refractivity contribution is 5.27. The Morgan fingerprint density at radius 3 is 2.28 bits per heavy atom. The number of aromatic nitrogens is 1. The third-order valence-corrected chi connectivity index (χ3v) is 3.17. The Labute approximate surface area is 108 Å². The number of nitrogens with zero attached hydrogens (tertiary/aromatic N) is 1. The number of hydrogen-bond acceptors (Lipinski definition) is 2. The van der Waals surface area contributed by atoms with Crippen molar-refractivity contribution in [1.82, 2.24) is 4.98 Å². The molecule has 1 aromatic heterocycles. The van der Waals surface area contributed by atoms with Crippen LogP contribution in [0.4, 0.5) is 0 Å². The molecule has 1 unspecified atom stereocenters. The van der Waals surface area contributed by atoms with Gasteiger partial charge in [0.2, 0.25) is 0 Å². The molecular weight excluding hydrogens is 222 g/mol. The van der Waals surface area contributed by atoms with Crippen LogP contribution in [0, 0.1) is 20.8 Å². The average molecular weight is 241 g/mol. The second-order valence-electron chi connectivity index (χ2n) is 4.83. The first-order valence-electron chi connectivity index (χ1n) is 6.24. The van der Waals surface area contributed by atoms with Crippen LogP contribution in [0.25, 0.3) is 0 Å². The largest absolute Gasteiger partial charge is 0.388 e. The Morgan fingerprint density at radius 1 is 1.00 bits per heavy atom. The minimum absolute atomic E-state index is 0.485. The van der Waals surface area contributed by atoms with Gasteiger partial charge in [0.25, 0.3) is 0 Å². The predicted octanol–water partition coefficient (Wildman–Crippen LogP) is 3.28. The molecule has 0 saturated heterocycles. The van der Waals surface area contributed by atoms with E-state index in [-0.39, 0.29) is 0 Å². The lowest BCUT2D eigenvalue weighted by molar-refractivity contribution is 0.177. The van der Waals surface area contributed by atoms with Crippen molar-refractivity contribution in [2.45, 2.75) is 33.3 Å². The van der Waals surface area contributed by atoms with Crippen LogP contribution in [0.5, 0.6) is 0 Å². The van der Waals surface area contributed by atoms with Crippen molar-refractivity contribution in [1.29, 1.82) is 0 Å². The second kappa shape index (κ2) is 5.32. The van der Waals surface area contributed by atoms with Crippen LogP contribution < -0.4 is 0 Å². The lowest BCUT2D eigenvalue weighted by Crippen LogP contribution is -2.05. The molecule has 1 atom stereocenters. The molecule has 2 heteroatoms. The number of aliphatic hydroxyl groups is 1. The minimum atomic E-state index is -0.485. The zero-order valence-corrected chi connectivity index (χ0v) is 11.1. The van der Waals surface area contributed by atoms with Crippen molar-refractivity contribution >= 4 is 0 Å². The monoisotopic (exact) mass is 241 g/mol. The molecule has 0 aliphatic carbocycles. The van der Waals surface area contributed by atoms with Crippen LogP contribution in [0.3, 0.4) is 0 Å². The summed E-state index contributed by atoms with van der Waals surface area (Å²) in [5.74, 6) is 0. The van der Waals surface area contributed by atoms with Gasteiger partial charge in [-0.25, -0.2) is 0 Å². The molecule has 1 aromatic carbocycles. The van der Waals surface area contributed by atoms with Gasteiger partial charge in [-0.05, 0) is 32.4 Å². The number of rotatable bonds is 3. The van der Waals surface area contributed by atoms with Gasteiger partial charge in [-0.1, -0.05) is 35.9 Å². The highest BCUT2D eigenvalue weighted by Gasteiger charge is 2.12. The highest BCUT2D eigenvalue weighted by Crippen LogP contribution is 2.21. The summed E-state index contributed by atoms with van der Waals surface area (Å²) in [6.07, 6.45) is 0.145. The second-order valence-corrected chi connectivity index (χ2v) is 4.83. The molecule has 2 rings (SSSR count). The van der Waals surface area contributed by atoms with E-state index in [9.17, 15) is 5.11 Å². The van der Waals surface area contributed by atoms with E-state index >= 15 is 0 Å². The average Bonchev–Trinajstić information content (AvgIpc) is 2.32. The number of hydrogen-bond donors (Lipinski definition) is 1. The van der Waals surface area contributed by atoms with E-state index in [1.165, 1.54) is 5.56 Å². The van der Waals surface area contributed by atoms with Gasteiger partial charge >= 0.3 is 0 Å². The van der Waals surface area contributed by atoms with Crippen molar-refractivity contribution in [3.8, 4) is 0 Å². The van der Waals surface area contributed by atoms with Gasteiger partial charge in [-0.2, -0.15) is 0 Å². The molecular formula is C16H19NO. The molecule has 0 spiro atoms. The first-order valence-corrected chi connectivity index (χ1v) is 6.24. The Kier molecular flexibility index (Phi) is 3.78. The van der Waals surface area contributed by atoms with Crippen molar-refractivity contribution in [2.75, 3.05) is 0 Å². The normalized spacial score (nSPS) is 12.4. The minimum Gasteiger partial charge on any atom is -0.388 e. The van der Waals surface area contributed by atoms with Crippen molar-refractivity contribution < 1.29 is 5.11 Å². The van der Waals surface area contributed by atoms with Crippen LogP contribution in [0.1, 0.15) is 34.2 Å². The van der Waals surface area contributed by atoms with Crippen LogP contribution in [0.15, 0.2) is 36.4 Å². The molecule has 0 bridgehead atoms. The van der Waals surface area contributed by atoms with E-state index < -0.39 is 6.10 Å². The van der Waals surface area contributed by atoms with Crippen molar-refractivity contribution in [3.63, 3.8) is 0 Å². The molecule has 2 nitrogen and oxygen atoms in total. The van der Waals surface area contributed by atoms with Crippen LogP contribution in [-0.4, -0.2) is 10.1 Å². The Hall–Kier alpha value is -1.67. The molecule has 0 aliphatic rings. The maximum Gasteiger partial charge on any atom is 0.0847 e. The molecule has 94 valence electrons. The quantitative estimate of drug-likeness (QED) is 0.894.